The Balaban J connectivity index is 1.91. The quantitative estimate of drug-likeness (QED) is 0.904. The van der Waals surface area contributed by atoms with E-state index in [0.717, 1.165) is 12.8 Å². The fourth-order valence-electron chi connectivity index (χ4n) is 3.04. The highest BCUT2D eigenvalue weighted by molar-refractivity contribution is 5.88. The van der Waals surface area contributed by atoms with Crippen LogP contribution in [0.4, 0.5) is 0 Å². The number of carboxylic acid groups (broad SMARTS) is 1. The second-order valence-electron chi connectivity index (χ2n) is 5.84. The SMILES string of the molecule is Cc1oc(COC2CC(C)CC(C)C2)cc1C(=O)O. The van der Waals surface area contributed by atoms with Crippen molar-refractivity contribution < 1.29 is 19.1 Å². The molecule has 1 aliphatic carbocycles. The molecule has 1 N–H and O–H groups in total. The highest BCUT2D eigenvalue weighted by atomic mass is 16.5. The van der Waals surface area contributed by atoms with E-state index >= 15 is 0 Å². The molecule has 0 amide bonds. The van der Waals surface area contributed by atoms with E-state index < -0.39 is 5.97 Å². The Kier molecular flexibility index (Phi) is 4.30. The summed E-state index contributed by atoms with van der Waals surface area (Å²) < 4.78 is 11.3. The van der Waals surface area contributed by atoms with E-state index in [0.29, 0.717) is 30.0 Å². The topological polar surface area (TPSA) is 59.7 Å². The van der Waals surface area contributed by atoms with Crippen LogP contribution in [0.5, 0.6) is 0 Å². The van der Waals surface area contributed by atoms with Crippen LogP contribution in [-0.4, -0.2) is 17.2 Å². The molecule has 1 aliphatic rings. The lowest BCUT2D eigenvalue weighted by Crippen LogP contribution is -2.26. The van der Waals surface area contributed by atoms with Crippen LogP contribution in [0.25, 0.3) is 0 Å². The van der Waals surface area contributed by atoms with Crippen molar-refractivity contribution in [1.82, 2.24) is 0 Å². The van der Waals surface area contributed by atoms with Gasteiger partial charge < -0.3 is 14.3 Å². The molecule has 0 radical (unpaired) electrons. The summed E-state index contributed by atoms with van der Waals surface area (Å²) >= 11 is 0. The van der Waals surface area contributed by atoms with E-state index in [2.05, 4.69) is 13.8 Å². The van der Waals surface area contributed by atoms with E-state index in [9.17, 15) is 4.79 Å². The number of hydrogen-bond acceptors (Lipinski definition) is 3. The van der Waals surface area contributed by atoms with Gasteiger partial charge in [0, 0.05) is 0 Å². The zero-order valence-corrected chi connectivity index (χ0v) is 11.8. The molecule has 1 aromatic heterocycles. The van der Waals surface area contributed by atoms with Crippen LogP contribution < -0.4 is 0 Å². The molecule has 1 fully saturated rings. The van der Waals surface area contributed by atoms with Crippen molar-refractivity contribution in [2.75, 3.05) is 0 Å². The predicted molar refractivity (Wildman–Crippen MR) is 71.2 cm³/mol. The van der Waals surface area contributed by atoms with Gasteiger partial charge in [-0.15, -0.1) is 0 Å². The molecule has 2 rings (SSSR count). The Morgan fingerprint density at radius 2 is 2.00 bits per heavy atom. The standard InChI is InChI=1S/C15H22O4/c1-9-4-10(2)6-12(5-9)18-8-13-7-14(15(16)17)11(3)19-13/h7,9-10,12H,4-6,8H2,1-3H3,(H,16,17). The molecule has 19 heavy (non-hydrogen) atoms. The molecule has 0 bridgehead atoms. The monoisotopic (exact) mass is 266 g/mol. The zero-order chi connectivity index (χ0) is 14.0. The van der Waals surface area contributed by atoms with Crippen LogP contribution in [0.3, 0.4) is 0 Å². The molecule has 2 unspecified atom stereocenters. The van der Waals surface area contributed by atoms with Crippen molar-refractivity contribution in [3.63, 3.8) is 0 Å². The molecule has 4 heteroatoms. The average Bonchev–Trinajstić information content (AvgIpc) is 2.67. The lowest BCUT2D eigenvalue weighted by atomic mass is 9.82. The molecule has 1 aromatic rings. The summed E-state index contributed by atoms with van der Waals surface area (Å²) in [7, 11) is 0. The largest absolute Gasteiger partial charge is 0.478 e. The third kappa shape index (κ3) is 3.60. The molecule has 0 saturated heterocycles. The smallest absolute Gasteiger partial charge is 0.339 e. The van der Waals surface area contributed by atoms with E-state index in [1.165, 1.54) is 6.42 Å². The number of ether oxygens (including phenoxy) is 1. The number of carboxylic acids is 1. The normalized spacial score (nSPS) is 27.4. The fourth-order valence-corrected chi connectivity index (χ4v) is 3.04. The lowest BCUT2D eigenvalue weighted by Gasteiger charge is -2.31. The number of rotatable bonds is 4. The third-order valence-corrected chi connectivity index (χ3v) is 3.80. The van der Waals surface area contributed by atoms with Gasteiger partial charge in [-0.3, -0.25) is 0 Å². The molecule has 2 atom stereocenters. The highest BCUT2D eigenvalue weighted by Crippen LogP contribution is 2.31. The van der Waals surface area contributed by atoms with Gasteiger partial charge in [0.25, 0.3) is 0 Å². The first-order valence-electron chi connectivity index (χ1n) is 6.90. The highest BCUT2D eigenvalue weighted by Gasteiger charge is 2.25. The summed E-state index contributed by atoms with van der Waals surface area (Å²) in [5, 5.41) is 8.96. The van der Waals surface area contributed by atoms with Gasteiger partial charge in [0.2, 0.25) is 0 Å². The number of aromatic carboxylic acids is 1. The van der Waals surface area contributed by atoms with Gasteiger partial charge in [-0.05, 0) is 44.1 Å². The van der Waals surface area contributed by atoms with E-state index in [1.54, 1.807) is 13.0 Å². The number of furan rings is 1. The van der Waals surface area contributed by atoms with Crippen molar-refractivity contribution in [3.8, 4) is 0 Å². The minimum Gasteiger partial charge on any atom is -0.478 e. The minimum absolute atomic E-state index is 0.226. The number of carbonyl (C=O) groups is 1. The summed E-state index contributed by atoms with van der Waals surface area (Å²) in [6.45, 7) is 6.53. The van der Waals surface area contributed by atoms with Crippen LogP contribution in [0.1, 0.15) is 55.0 Å². The maximum Gasteiger partial charge on any atom is 0.339 e. The van der Waals surface area contributed by atoms with Crippen LogP contribution in [0.15, 0.2) is 10.5 Å². The lowest BCUT2D eigenvalue weighted by molar-refractivity contribution is -0.0158. The van der Waals surface area contributed by atoms with Gasteiger partial charge >= 0.3 is 5.97 Å². The maximum atomic E-state index is 10.9. The maximum absolute atomic E-state index is 10.9. The van der Waals surface area contributed by atoms with Gasteiger partial charge in [0.05, 0.1) is 6.10 Å². The van der Waals surface area contributed by atoms with E-state index in [-0.39, 0.29) is 11.7 Å². The van der Waals surface area contributed by atoms with Crippen molar-refractivity contribution in [2.24, 2.45) is 11.8 Å². The summed E-state index contributed by atoms with van der Waals surface area (Å²) in [6.07, 6.45) is 3.69. The van der Waals surface area contributed by atoms with E-state index in [4.69, 9.17) is 14.3 Å². The molecular weight excluding hydrogens is 244 g/mol. The molecule has 0 spiro atoms. The second kappa shape index (κ2) is 5.78. The van der Waals surface area contributed by atoms with Gasteiger partial charge in [-0.25, -0.2) is 4.79 Å². The summed E-state index contributed by atoms with van der Waals surface area (Å²) in [5.41, 5.74) is 0.226. The van der Waals surface area contributed by atoms with Gasteiger partial charge in [-0.2, -0.15) is 0 Å². The van der Waals surface area contributed by atoms with Gasteiger partial charge in [-0.1, -0.05) is 13.8 Å². The number of aryl methyl sites for hydroxylation is 1. The molecule has 4 nitrogen and oxygen atoms in total. The number of hydrogen-bond donors (Lipinski definition) is 1. The summed E-state index contributed by atoms with van der Waals surface area (Å²) in [5.74, 6) is 1.48. The Labute approximate surface area is 113 Å². The molecule has 0 aliphatic heterocycles. The third-order valence-electron chi connectivity index (χ3n) is 3.80. The Morgan fingerprint density at radius 3 is 2.53 bits per heavy atom. The first-order valence-corrected chi connectivity index (χ1v) is 6.90. The first-order chi connectivity index (χ1) is 8.95. The van der Waals surface area contributed by atoms with Gasteiger partial charge in [0.15, 0.2) is 0 Å². The Morgan fingerprint density at radius 1 is 1.37 bits per heavy atom. The van der Waals surface area contributed by atoms with Crippen molar-refractivity contribution in [3.05, 3.63) is 23.2 Å². The predicted octanol–water partition coefficient (Wildman–Crippen LogP) is 3.63. The van der Waals surface area contributed by atoms with Crippen molar-refractivity contribution in [2.45, 2.75) is 52.7 Å². The minimum atomic E-state index is -0.951. The fraction of sp³-hybridized carbons (Fsp3) is 0.667. The molecule has 106 valence electrons. The van der Waals surface area contributed by atoms with Gasteiger partial charge in [0.1, 0.15) is 23.7 Å². The van der Waals surface area contributed by atoms with E-state index in [1.807, 2.05) is 0 Å². The van der Waals surface area contributed by atoms with Crippen LogP contribution in [-0.2, 0) is 11.3 Å². The van der Waals surface area contributed by atoms with Crippen LogP contribution in [0, 0.1) is 18.8 Å². The summed E-state index contributed by atoms with van der Waals surface area (Å²) in [4.78, 5) is 10.9. The zero-order valence-electron chi connectivity index (χ0n) is 11.8. The Bertz CT molecular complexity index is 439. The molecule has 0 aromatic carbocycles. The molecule has 1 saturated carbocycles. The summed E-state index contributed by atoms with van der Waals surface area (Å²) in [6, 6.07) is 1.56. The average molecular weight is 266 g/mol. The Hall–Kier alpha value is -1.29. The molecular formula is C15H22O4. The van der Waals surface area contributed by atoms with Crippen LogP contribution in [0.2, 0.25) is 0 Å². The second-order valence-corrected chi connectivity index (χ2v) is 5.84. The molecule has 1 heterocycles. The first kappa shape index (κ1) is 14.1. The van der Waals surface area contributed by atoms with Crippen LogP contribution >= 0.6 is 0 Å². The van der Waals surface area contributed by atoms with Crippen molar-refractivity contribution >= 4 is 5.97 Å². The van der Waals surface area contributed by atoms with Crippen molar-refractivity contribution in [1.29, 1.82) is 0 Å².